The third kappa shape index (κ3) is 3.36. The van der Waals surface area contributed by atoms with Crippen molar-refractivity contribution < 1.29 is 16.8 Å². The highest BCUT2D eigenvalue weighted by molar-refractivity contribution is 7.91. The first-order valence-electron chi connectivity index (χ1n) is 9.51. The Bertz CT molecular complexity index is 948. The molecular formula is C17H26N4O4S2. The number of fused-ring (bicyclic) bond motifs is 3. The van der Waals surface area contributed by atoms with E-state index in [0.29, 0.717) is 23.1 Å². The number of anilines is 1. The Morgan fingerprint density at radius 2 is 2.04 bits per heavy atom. The summed E-state index contributed by atoms with van der Waals surface area (Å²) in [5, 5.41) is -0.714. The highest BCUT2D eigenvalue weighted by Crippen LogP contribution is 2.40. The Hall–Kier alpha value is -1.26. The van der Waals surface area contributed by atoms with Gasteiger partial charge in [0, 0.05) is 43.9 Å². The van der Waals surface area contributed by atoms with Crippen molar-refractivity contribution in [3.63, 3.8) is 0 Å². The van der Waals surface area contributed by atoms with E-state index in [0.717, 1.165) is 19.5 Å². The summed E-state index contributed by atoms with van der Waals surface area (Å²) in [6.07, 6.45) is 3.90. The maximum atomic E-state index is 12.7. The summed E-state index contributed by atoms with van der Waals surface area (Å²) >= 11 is 0. The molecule has 0 aliphatic carbocycles. The highest BCUT2D eigenvalue weighted by Gasteiger charge is 2.50. The van der Waals surface area contributed by atoms with E-state index in [1.165, 1.54) is 10.7 Å². The molecule has 2 fully saturated rings. The summed E-state index contributed by atoms with van der Waals surface area (Å²) in [6, 6.07) is 0. The van der Waals surface area contributed by atoms with Gasteiger partial charge >= 0.3 is 0 Å². The molecule has 1 aromatic rings. The van der Waals surface area contributed by atoms with Gasteiger partial charge in [0.15, 0.2) is 9.84 Å². The zero-order valence-electron chi connectivity index (χ0n) is 15.7. The standard InChI is InChI=1S/C17H26N4O4S2/c1-3-27(24,25)21-9-14-15(10-21)26(22,23)11-13-7-18-17(19-16(13)14)20-6-4-5-12(2)8-20/h7,12,14-15H,3-6,8-11H2,1-2H3/t12-,14-,15+/m0/s1. The van der Waals surface area contributed by atoms with Crippen LogP contribution in [0.15, 0.2) is 6.20 Å². The van der Waals surface area contributed by atoms with Crippen LogP contribution in [0.3, 0.4) is 0 Å². The van der Waals surface area contributed by atoms with Crippen molar-refractivity contribution in [1.82, 2.24) is 14.3 Å². The van der Waals surface area contributed by atoms with E-state index in [1.54, 1.807) is 13.1 Å². The average Bonchev–Trinajstić information content (AvgIpc) is 3.09. The number of sulfone groups is 1. The number of hydrogen-bond donors (Lipinski definition) is 0. The third-order valence-electron chi connectivity index (χ3n) is 5.99. The first kappa shape index (κ1) is 19.1. The van der Waals surface area contributed by atoms with Gasteiger partial charge in [-0.1, -0.05) is 6.92 Å². The molecule has 0 N–H and O–H groups in total. The quantitative estimate of drug-likeness (QED) is 0.720. The van der Waals surface area contributed by atoms with Crippen molar-refractivity contribution in [1.29, 1.82) is 0 Å². The van der Waals surface area contributed by atoms with Crippen molar-refractivity contribution >= 4 is 25.8 Å². The van der Waals surface area contributed by atoms with Crippen LogP contribution in [0.1, 0.15) is 43.9 Å². The lowest BCUT2D eigenvalue weighted by atomic mass is 9.99. The van der Waals surface area contributed by atoms with Gasteiger partial charge in [-0.2, -0.15) is 4.31 Å². The number of hydrogen-bond acceptors (Lipinski definition) is 7. The average molecular weight is 415 g/mol. The van der Waals surface area contributed by atoms with Gasteiger partial charge < -0.3 is 4.90 Å². The van der Waals surface area contributed by atoms with Crippen molar-refractivity contribution in [3.05, 3.63) is 17.5 Å². The Balaban J connectivity index is 1.71. The minimum Gasteiger partial charge on any atom is -0.341 e. The second-order valence-electron chi connectivity index (χ2n) is 7.94. The molecule has 3 aliphatic rings. The van der Waals surface area contributed by atoms with Crippen LogP contribution in [-0.4, -0.2) is 68.3 Å². The molecule has 0 spiro atoms. The smallest absolute Gasteiger partial charge is 0.225 e. The molecule has 4 rings (SSSR count). The summed E-state index contributed by atoms with van der Waals surface area (Å²) < 4.78 is 51.4. The fourth-order valence-corrected chi connectivity index (χ4v) is 7.69. The van der Waals surface area contributed by atoms with Crippen LogP contribution in [0, 0.1) is 5.92 Å². The first-order chi connectivity index (χ1) is 12.7. The minimum absolute atomic E-state index is 0.0277. The van der Waals surface area contributed by atoms with Gasteiger partial charge in [0.05, 0.1) is 22.4 Å². The zero-order chi connectivity index (χ0) is 19.4. The first-order valence-corrected chi connectivity index (χ1v) is 12.8. The van der Waals surface area contributed by atoms with Gasteiger partial charge in [-0.05, 0) is 25.7 Å². The van der Waals surface area contributed by atoms with Gasteiger partial charge in [-0.3, -0.25) is 0 Å². The molecule has 2 saturated heterocycles. The number of aromatic nitrogens is 2. The van der Waals surface area contributed by atoms with Gasteiger partial charge in [-0.25, -0.2) is 26.8 Å². The van der Waals surface area contributed by atoms with E-state index < -0.39 is 31.0 Å². The van der Waals surface area contributed by atoms with E-state index in [1.807, 2.05) is 0 Å². The summed E-state index contributed by atoms with van der Waals surface area (Å²) in [5.74, 6) is 0.655. The van der Waals surface area contributed by atoms with Gasteiger partial charge in [0.25, 0.3) is 0 Å². The zero-order valence-corrected chi connectivity index (χ0v) is 17.3. The Morgan fingerprint density at radius 1 is 1.26 bits per heavy atom. The maximum absolute atomic E-state index is 12.7. The maximum Gasteiger partial charge on any atom is 0.225 e. The molecule has 0 bridgehead atoms. The molecule has 27 heavy (non-hydrogen) atoms. The van der Waals surface area contributed by atoms with E-state index >= 15 is 0 Å². The fraction of sp³-hybridized carbons (Fsp3) is 0.765. The van der Waals surface area contributed by atoms with Crippen LogP contribution in [-0.2, 0) is 25.6 Å². The molecule has 0 unspecified atom stereocenters. The molecule has 0 aromatic carbocycles. The third-order valence-corrected chi connectivity index (χ3v) is 9.91. The van der Waals surface area contributed by atoms with Crippen LogP contribution in [0.4, 0.5) is 5.95 Å². The topological polar surface area (TPSA) is 101 Å². The largest absolute Gasteiger partial charge is 0.341 e. The second-order valence-corrected chi connectivity index (χ2v) is 12.4. The van der Waals surface area contributed by atoms with Gasteiger partial charge in [-0.15, -0.1) is 0 Å². The molecule has 8 nitrogen and oxygen atoms in total. The van der Waals surface area contributed by atoms with Crippen molar-refractivity contribution in [3.8, 4) is 0 Å². The van der Waals surface area contributed by atoms with Crippen molar-refractivity contribution in [2.75, 3.05) is 36.8 Å². The molecular weight excluding hydrogens is 388 g/mol. The molecule has 1 aromatic heterocycles. The normalized spacial score (nSPS) is 30.7. The number of piperidine rings is 1. The number of sulfonamides is 1. The molecule has 0 amide bonds. The van der Waals surface area contributed by atoms with E-state index in [9.17, 15) is 16.8 Å². The molecule has 10 heteroatoms. The second kappa shape index (κ2) is 6.66. The monoisotopic (exact) mass is 414 g/mol. The number of rotatable bonds is 3. The van der Waals surface area contributed by atoms with E-state index in [2.05, 4.69) is 16.8 Å². The molecule has 3 atom stereocenters. The Morgan fingerprint density at radius 3 is 2.74 bits per heavy atom. The highest BCUT2D eigenvalue weighted by atomic mass is 32.2. The van der Waals surface area contributed by atoms with Crippen LogP contribution >= 0.6 is 0 Å². The molecule has 3 aliphatic heterocycles. The lowest BCUT2D eigenvalue weighted by Crippen LogP contribution is -2.38. The SMILES string of the molecule is CCS(=O)(=O)N1C[C@@H]2c3nc(N4CCC[C@H](C)C4)ncc3CS(=O)(=O)[C@@H]2C1. The Kier molecular flexibility index (Phi) is 4.71. The number of nitrogens with zero attached hydrogens (tertiary/aromatic N) is 4. The van der Waals surface area contributed by atoms with Crippen LogP contribution in [0.25, 0.3) is 0 Å². The van der Waals surface area contributed by atoms with Gasteiger partial charge in [0.2, 0.25) is 16.0 Å². The lowest BCUT2D eigenvalue weighted by Gasteiger charge is -2.32. The summed E-state index contributed by atoms with van der Waals surface area (Å²) in [6.45, 7) is 5.78. The van der Waals surface area contributed by atoms with Crippen LogP contribution in [0.5, 0.6) is 0 Å². The Labute approximate surface area is 161 Å². The fourth-order valence-electron chi connectivity index (χ4n) is 4.47. The predicted molar refractivity (Wildman–Crippen MR) is 103 cm³/mol. The molecule has 0 saturated carbocycles. The van der Waals surface area contributed by atoms with Crippen LogP contribution in [0.2, 0.25) is 0 Å². The molecule has 4 heterocycles. The van der Waals surface area contributed by atoms with Crippen LogP contribution < -0.4 is 4.90 Å². The molecule has 150 valence electrons. The summed E-state index contributed by atoms with van der Waals surface area (Å²) in [5.41, 5.74) is 1.33. The predicted octanol–water partition coefficient (Wildman–Crippen LogP) is 0.759. The van der Waals surface area contributed by atoms with Gasteiger partial charge in [0.1, 0.15) is 0 Å². The van der Waals surface area contributed by atoms with Crippen molar-refractivity contribution in [2.24, 2.45) is 5.92 Å². The van der Waals surface area contributed by atoms with E-state index in [4.69, 9.17) is 4.98 Å². The van der Waals surface area contributed by atoms with Crippen molar-refractivity contribution in [2.45, 2.75) is 43.6 Å². The lowest BCUT2D eigenvalue weighted by molar-refractivity contribution is 0.441. The minimum atomic E-state index is -3.43. The molecule has 0 radical (unpaired) electrons. The summed E-state index contributed by atoms with van der Waals surface area (Å²) in [4.78, 5) is 11.3. The van der Waals surface area contributed by atoms with E-state index in [-0.39, 0.29) is 24.6 Å². The summed E-state index contributed by atoms with van der Waals surface area (Å²) in [7, 11) is -6.85.